The molecule has 0 saturated carbocycles. The van der Waals surface area contributed by atoms with E-state index in [1.165, 1.54) is 25.4 Å². The van der Waals surface area contributed by atoms with Gasteiger partial charge in [0.15, 0.2) is 0 Å². The van der Waals surface area contributed by atoms with Crippen molar-refractivity contribution in [1.82, 2.24) is 14.9 Å². The highest BCUT2D eigenvalue weighted by atomic mass is 16.5. The number of rotatable bonds is 5. The van der Waals surface area contributed by atoms with Gasteiger partial charge in [0.25, 0.3) is 0 Å². The number of methoxy groups -OCH3 is 1. The number of amides is 1. The molecule has 6 nitrogen and oxygen atoms in total. The molecule has 1 heterocycles. The Kier molecular flexibility index (Phi) is 4.45. The van der Waals surface area contributed by atoms with E-state index in [1.54, 1.807) is 6.20 Å². The van der Waals surface area contributed by atoms with Crippen LogP contribution in [0.3, 0.4) is 0 Å². The van der Waals surface area contributed by atoms with E-state index in [9.17, 15) is 9.59 Å². The first-order chi connectivity index (χ1) is 8.10. The summed E-state index contributed by atoms with van der Waals surface area (Å²) in [6.45, 7) is 3.38. The predicted molar refractivity (Wildman–Crippen MR) is 61.1 cm³/mol. The van der Waals surface area contributed by atoms with Crippen LogP contribution in [0.2, 0.25) is 0 Å². The number of ether oxygens (including phenoxy) is 1. The topological polar surface area (TPSA) is 75.3 Å². The number of nitrogens with one attached hydrogen (secondary N) is 1. The number of hydrogen-bond donors (Lipinski definition) is 1. The van der Waals surface area contributed by atoms with Crippen LogP contribution in [0.25, 0.3) is 0 Å². The van der Waals surface area contributed by atoms with E-state index < -0.39 is 12.0 Å². The van der Waals surface area contributed by atoms with Crippen LogP contribution in [0.4, 0.5) is 0 Å². The summed E-state index contributed by atoms with van der Waals surface area (Å²) in [5, 5.41) is 0. The number of carbonyl (C=O) groups excluding carboxylic acids is 2. The smallest absolute Gasteiger partial charge is 0.328 e. The van der Waals surface area contributed by atoms with Crippen molar-refractivity contribution in [1.29, 1.82) is 0 Å². The van der Waals surface area contributed by atoms with Crippen LogP contribution >= 0.6 is 0 Å². The summed E-state index contributed by atoms with van der Waals surface area (Å²) < 4.78 is 4.68. The second kappa shape index (κ2) is 5.83. The normalized spacial score (nSPS) is 11.6. The fourth-order valence-electron chi connectivity index (χ4n) is 1.42. The molecule has 1 amide bonds. The number of likely N-dealkylation sites (N-methyl/N-ethyl adjacent to an activating group) is 1. The maximum atomic E-state index is 11.6. The molecular formula is C11H15N3O3. The summed E-state index contributed by atoms with van der Waals surface area (Å²) in [5.41, 5.74) is 0.754. The van der Waals surface area contributed by atoms with Gasteiger partial charge in [-0.05, 0) is 6.08 Å². The summed E-state index contributed by atoms with van der Waals surface area (Å²) in [4.78, 5) is 31.1. The highest BCUT2D eigenvalue weighted by Crippen LogP contribution is 2.07. The average molecular weight is 237 g/mol. The van der Waals surface area contributed by atoms with Gasteiger partial charge in [0, 0.05) is 25.4 Å². The molecule has 0 radical (unpaired) electrons. The number of H-pyrrole nitrogens is 1. The van der Waals surface area contributed by atoms with Crippen molar-refractivity contribution < 1.29 is 14.3 Å². The summed E-state index contributed by atoms with van der Waals surface area (Å²) >= 11 is 0. The maximum absolute atomic E-state index is 11.6. The molecule has 17 heavy (non-hydrogen) atoms. The first-order valence-electron chi connectivity index (χ1n) is 5.04. The molecule has 6 heteroatoms. The van der Waals surface area contributed by atoms with Crippen LogP contribution in [0.1, 0.15) is 5.69 Å². The van der Waals surface area contributed by atoms with Crippen LogP contribution < -0.4 is 0 Å². The molecule has 1 aromatic rings. The monoisotopic (exact) mass is 237 g/mol. The molecule has 0 aliphatic rings. The van der Waals surface area contributed by atoms with E-state index in [1.807, 2.05) is 0 Å². The van der Waals surface area contributed by atoms with E-state index >= 15 is 0 Å². The van der Waals surface area contributed by atoms with Crippen LogP contribution in [0.5, 0.6) is 0 Å². The van der Waals surface area contributed by atoms with Crippen LogP contribution in [0.15, 0.2) is 25.2 Å². The van der Waals surface area contributed by atoms with Crippen molar-refractivity contribution in [2.45, 2.75) is 12.5 Å². The number of carbonyl (C=O) groups is 2. The molecule has 0 bridgehead atoms. The van der Waals surface area contributed by atoms with Gasteiger partial charge in [0.05, 0.1) is 13.4 Å². The van der Waals surface area contributed by atoms with E-state index in [4.69, 9.17) is 0 Å². The van der Waals surface area contributed by atoms with E-state index in [2.05, 4.69) is 21.3 Å². The zero-order valence-electron chi connectivity index (χ0n) is 9.84. The van der Waals surface area contributed by atoms with Crippen molar-refractivity contribution in [3.8, 4) is 0 Å². The van der Waals surface area contributed by atoms with Crippen LogP contribution in [-0.4, -0.2) is 46.9 Å². The van der Waals surface area contributed by atoms with Gasteiger partial charge in [-0.2, -0.15) is 0 Å². The maximum Gasteiger partial charge on any atom is 0.328 e. The Morgan fingerprint density at radius 3 is 2.88 bits per heavy atom. The summed E-state index contributed by atoms with van der Waals surface area (Å²) in [6, 6.07) is -0.689. The second-order valence-electron chi connectivity index (χ2n) is 3.47. The van der Waals surface area contributed by atoms with E-state index in [0.29, 0.717) is 6.42 Å². The van der Waals surface area contributed by atoms with Crippen molar-refractivity contribution in [2.75, 3.05) is 14.2 Å². The third kappa shape index (κ3) is 3.17. The van der Waals surface area contributed by atoms with E-state index in [-0.39, 0.29) is 5.91 Å². The fourth-order valence-corrected chi connectivity index (χ4v) is 1.42. The molecule has 1 rings (SSSR count). The number of aromatic amines is 1. The number of esters is 1. The molecule has 92 valence electrons. The lowest BCUT2D eigenvalue weighted by Crippen LogP contribution is -2.43. The van der Waals surface area contributed by atoms with Gasteiger partial charge >= 0.3 is 5.97 Å². The molecule has 1 atom stereocenters. The second-order valence-corrected chi connectivity index (χ2v) is 3.47. The lowest BCUT2D eigenvalue weighted by molar-refractivity contribution is -0.150. The van der Waals surface area contributed by atoms with Gasteiger partial charge < -0.3 is 14.6 Å². The van der Waals surface area contributed by atoms with Crippen molar-refractivity contribution in [3.05, 3.63) is 30.9 Å². The Hall–Kier alpha value is -2.11. The predicted octanol–water partition coefficient (Wildman–Crippen LogP) is 0.138. The molecule has 1 N–H and O–H groups in total. The minimum Gasteiger partial charge on any atom is -0.467 e. The summed E-state index contributed by atoms with van der Waals surface area (Å²) in [5.74, 6) is -0.808. The molecule has 0 saturated heterocycles. The van der Waals surface area contributed by atoms with E-state index in [0.717, 1.165) is 11.8 Å². The lowest BCUT2D eigenvalue weighted by atomic mass is 10.1. The third-order valence-corrected chi connectivity index (χ3v) is 2.43. The molecule has 0 aliphatic carbocycles. The molecule has 0 spiro atoms. The zero-order chi connectivity index (χ0) is 12.8. The van der Waals surface area contributed by atoms with Gasteiger partial charge in [-0.15, -0.1) is 0 Å². The molecule has 0 aromatic carbocycles. The largest absolute Gasteiger partial charge is 0.467 e. The number of nitrogens with zero attached hydrogens (tertiary/aromatic N) is 2. The Labute approximate surface area is 99.3 Å². The minimum atomic E-state index is -0.689. The van der Waals surface area contributed by atoms with Crippen LogP contribution in [0, 0.1) is 0 Å². The first-order valence-corrected chi connectivity index (χ1v) is 5.04. The first kappa shape index (κ1) is 13.0. The third-order valence-electron chi connectivity index (χ3n) is 2.43. The van der Waals surface area contributed by atoms with Gasteiger partial charge in [-0.25, -0.2) is 9.78 Å². The number of aromatic nitrogens is 2. The Morgan fingerprint density at radius 1 is 1.71 bits per heavy atom. The Bertz CT molecular complexity index is 400. The lowest BCUT2D eigenvalue weighted by Gasteiger charge is -2.24. The Morgan fingerprint density at radius 2 is 2.41 bits per heavy atom. The van der Waals surface area contributed by atoms with Crippen molar-refractivity contribution in [2.24, 2.45) is 0 Å². The van der Waals surface area contributed by atoms with Gasteiger partial charge in [0.1, 0.15) is 6.04 Å². The highest BCUT2D eigenvalue weighted by molar-refractivity contribution is 5.91. The zero-order valence-corrected chi connectivity index (χ0v) is 9.84. The standard InChI is InChI=1S/C11H15N3O3/c1-4-10(15)14(2)9(11(16)17-3)5-8-6-12-7-13-8/h4,6-7,9H,1,5H2,2-3H3,(H,12,13)/t9-/m1/s1. The minimum absolute atomic E-state index is 0.322. The number of hydrogen-bond acceptors (Lipinski definition) is 4. The van der Waals surface area contributed by atoms with Crippen LogP contribution in [-0.2, 0) is 20.7 Å². The molecule has 1 aromatic heterocycles. The highest BCUT2D eigenvalue weighted by Gasteiger charge is 2.27. The SMILES string of the molecule is C=CC(=O)N(C)[C@H](Cc1cnc[nH]1)C(=O)OC. The van der Waals surface area contributed by atoms with Gasteiger partial charge in [0.2, 0.25) is 5.91 Å². The Balaban J connectivity index is 2.84. The fraction of sp³-hybridized carbons (Fsp3) is 0.364. The summed E-state index contributed by atoms with van der Waals surface area (Å²) in [7, 11) is 2.82. The van der Waals surface area contributed by atoms with Crippen molar-refractivity contribution >= 4 is 11.9 Å². The van der Waals surface area contributed by atoms with Gasteiger partial charge in [-0.3, -0.25) is 4.79 Å². The molecular weight excluding hydrogens is 222 g/mol. The molecule has 0 unspecified atom stereocenters. The summed E-state index contributed by atoms with van der Waals surface area (Å²) in [6.07, 6.45) is 4.59. The molecule has 0 fully saturated rings. The van der Waals surface area contributed by atoms with Gasteiger partial charge in [-0.1, -0.05) is 6.58 Å². The number of imidazole rings is 1. The average Bonchev–Trinajstić information content (AvgIpc) is 2.86. The quantitative estimate of drug-likeness (QED) is 0.583. The van der Waals surface area contributed by atoms with Crippen molar-refractivity contribution in [3.63, 3.8) is 0 Å². The molecule has 0 aliphatic heterocycles.